The summed E-state index contributed by atoms with van der Waals surface area (Å²) in [6, 6.07) is 5.02. The van der Waals surface area contributed by atoms with Gasteiger partial charge in [-0.15, -0.1) is 0 Å². The summed E-state index contributed by atoms with van der Waals surface area (Å²) in [5.74, 6) is -6.71. The topological polar surface area (TPSA) is 52.6 Å². The Labute approximate surface area is 181 Å². The predicted molar refractivity (Wildman–Crippen MR) is 80.8 cm³/mol. The molecule has 0 saturated heterocycles. The molecule has 9 heteroatoms. The third-order valence-electron chi connectivity index (χ3n) is 2.95. The molecule has 0 fully saturated rings. The maximum absolute atomic E-state index is 13.9. The Hall–Kier alpha value is -1.97. The third kappa shape index (κ3) is 6.30. The van der Waals surface area contributed by atoms with Gasteiger partial charge < -0.3 is 21.6 Å². The molecule has 2 aromatic rings. The molecule has 140 valence electrons. The molecular weight excluding hydrogens is 705 g/mol. The predicted octanol–water partition coefficient (Wildman–Crippen LogP) is 3.56. The van der Waals surface area contributed by atoms with E-state index in [0.717, 1.165) is 24.3 Å². The summed E-state index contributed by atoms with van der Waals surface area (Å²) in [5, 5.41) is 0. The first-order valence-corrected chi connectivity index (χ1v) is 6.64. The molecule has 0 aromatic heterocycles. The van der Waals surface area contributed by atoms with Crippen LogP contribution in [-0.4, -0.2) is 11.9 Å². The van der Waals surface area contributed by atoms with E-state index in [1.165, 1.54) is 6.07 Å². The fraction of sp³-hybridized carbons (Fsp3) is 0. The summed E-state index contributed by atoms with van der Waals surface area (Å²) in [6.07, 6.45) is 3.70. The minimum Gasteiger partial charge on any atom is -0.451 e. The number of rotatable bonds is 5. The van der Waals surface area contributed by atoms with Gasteiger partial charge >= 0.3 is 0 Å². The summed E-state index contributed by atoms with van der Waals surface area (Å²) < 4.78 is 50.8. The van der Waals surface area contributed by atoms with Crippen molar-refractivity contribution in [1.29, 1.82) is 0 Å². The van der Waals surface area contributed by atoms with Crippen LogP contribution in [0.25, 0.3) is 11.1 Å². The number of hydrogen-bond acceptors (Lipinski definition) is 4. The van der Waals surface area contributed by atoms with Crippen molar-refractivity contribution in [2.45, 2.75) is 0 Å². The zero-order valence-corrected chi connectivity index (χ0v) is 19.3. The molecular formula is C18H9F3O4W2-2. The first-order valence-electron chi connectivity index (χ1n) is 6.64. The molecule has 0 N–H and O–H groups in total. The van der Waals surface area contributed by atoms with Crippen LogP contribution in [0.15, 0.2) is 43.5 Å². The molecule has 2 aromatic carbocycles. The molecule has 0 saturated carbocycles. The van der Waals surface area contributed by atoms with Crippen molar-refractivity contribution in [3.8, 4) is 22.6 Å². The van der Waals surface area contributed by atoms with Crippen LogP contribution >= 0.6 is 0 Å². The van der Waals surface area contributed by atoms with E-state index in [4.69, 9.17) is 0 Å². The summed E-state index contributed by atoms with van der Waals surface area (Å²) in [4.78, 5) is 22.0. The van der Waals surface area contributed by atoms with Crippen LogP contribution in [0.4, 0.5) is 13.2 Å². The molecule has 0 aliphatic heterocycles. The minimum atomic E-state index is -1.17. The van der Waals surface area contributed by atoms with E-state index >= 15 is 0 Å². The van der Waals surface area contributed by atoms with Gasteiger partial charge in [0.1, 0.15) is 0 Å². The largest absolute Gasteiger partial charge is 0.451 e. The summed E-state index contributed by atoms with van der Waals surface area (Å²) in [5.41, 5.74) is 0.0790. The van der Waals surface area contributed by atoms with E-state index in [1.807, 2.05) is 6.08 Å². The number of esters is 2. The van der Waals surface area contributed by atoms with Gasteiger partial charge in [-0.3, -0.25) is 22.7 Å². The van der Waals surface area contributed by atoms with Gasteiger partial charge in [0.05, 0.1) is 0 Å². The zero-order valence-electron chi connectivity index (χ0n) is 13.4. The normalized spacial score (nSPS) is 9.30. The van der Waals surface area contributed by atoms with Gasteiger partial charge in [0.15, 0.2) is 40.9 Å². The van der Waals surface area contributed by atoms with Crippen LogP contribution in [0.2, 0.25) is 0 Å². The summed E-state index contributed by atoms with van der Waals surface area (Å²) in [6.45, 7) is 6.05. The van der Waals surface area contributed by atoms with Crippen molar-refractivity contribution in [1.82, 2.24) is 0 Å². The summed E-state index contributed by atoms with van der Waals surface area (Å²) >= 11 is 0. The Morgan fingerprint density at radius 3 is 1.74 bits per heavy atom. The van der Waals surface area contributed by atoms with Crippen LogP contribution in [0.5, 0.6) is 11.5 Å². The number of ether oxygens (including phenoxy) is 2. The first-order chi connectivity index (χ1) is 11.8. The van der Waals surface area contributed by atoms with Crippen molar-refractivity contribution in [3.63, 3.8) is 0 Å². The molecule has 0 heterocycles. The molecule has 0 radical (unpaired) electrons. The van der Waals surface area contributed by atoms with Crippen LogP contribution in [0.1, 0.15) is 0 Å². The van der Waals surface area contributed by atoms with Crippen LogP contribution in [0.3, 0.4) is 0 Å². The van der Waals surface area contributed by atoms with E-state index in [0.29, 0.717) is 0 Å². The molecule has 2 rings (SSSR count). The first kappa shape index (κ1) is 25.0. The van der Waals surface area contributed by atoms with E-state index in [-0.39, 0.29) is 53.3 Å². The Morgan fingerprint density at radius 2 is 1.26 bits per heavy atom. The monoisotopic (exact) mass is 714 g/mol. The van der Waals surface area contributed by atoms with Crippen molar-refractivity contribution in [2.24, 2.45) is 0 Å². The maximum atomic E-state index is 13.9. The zero-order chi connectivity index (χ0) is 18.6. The van der Waals surface area contributed by atoms with E-state index < -0.39 is 40.9 Å². The SMILES string of the molecule is C=[C-]C(=O)Oc1ccc(-c2cc(F)c(OC(=O)[C-]=C)c(F)c2)cc1F.[W].[W]. The second-order valence-corrected chi connectivity index (χ2v) is 4.55. The molecule has 0 aliphatic rings. The number of halogens is 3. The standard InChI is InChI=1S/C18H9F3O4.2W/c1-3-16(22)24-15-6-5-10(7-12(15)19)11-8-13(20)18(14(21)9-11)25-17(23)4-2;;/h5-9H,1-2H2;;/q-2;;. The number of benzene rings is 2. The van der Waals surface area contributed by atoms with E-state index in [1.54, 1.807) is 6.08 Å². The maximum Gasteiger partial charge on any atom is 0.198 e. The Balaban J connectivity index is 0.00000338. The van der Waals surface area contributed by atoms with E-state index in [9.17, 15) is 22.8 Å². The van der Waals surface area contributed by atoms with Gasteiger partial charge in [-0.05, 0) is 35.4 Å². The Morgan fingerprint density at radius 1 is 0.778 bits per heavy atom. The molecule has 27 heavy (non-hydrogen) atoms. The van der Waals surface area contributed by atoms with E-state index in [2.05, 4.69) is 22.6 Å². The Bertz CT molecular complexity index is 862. The van der Waals surface area contributed by atoms with Gasteiger partial charge in [-0.25, -0.2) is 13.2 Å². The van der Waals surface area contributed by atoms with Crippen LogP contribution in [-0.2, 0) is 51.7 Å². The molecule has 0 aliphatic carbocycles. The minimum absolute atomic E-state index is 0. The second kappa shape index (κ2) is 11.0. The van der Waals surface area contributed by atoms with Gasteiger partial charge in [-0.1, -0.05) is 6.07 Å². The van der Waals surface area contributed by atoms with Crippen molar-refractivity contribution >= 4 is 11.9 Å². The fourth-order valence-corrected chi connectivity index (χ4v) is 1.85. The molecule has 0 unspecified atom stereocenters. The van der Waals surface area contributed by atoms with Crippen molar-refractivity contribution in [2.75, 3.05) is 0 Å². The van der Waals surface area contributed by atoms with Crippen LogP contribution < -0.4 is 9.47 Å². The summed E-state index contributed by atoms with van der Waals surface area (Å²) in [7, 11) is 0. The molecule has 0 amide bonds. The fourth-order valence-electron chi connectivity index (χ4n) is 1.85. The number of hydrogen-bond donors (Lipinski definition) is 0. The van der Waals surface area contributed by atoms with Gasteiger partial charge in [-0.2, -0.15) is 0 Å². The average Bonchev–Trinajstić information content (AvgIpc) is 2.59. The molecule has 0 spiro atoms. The van der Waals surface area contributed by atoms with Crippen molar-refractivity contribution < 1.29 is 74.4 Å². The van der Waals surface area contributed by atoms with Crippen LogP contribution in [0, 0.1) is 29.6 Å². The van der Waals surface area contributed by atoms with Gasteiger partial charge in [0.25, 0.3) is 0 Å². The average molecular weight is 714 g/mol. The molecule has 0 atom stereocenters. The van der Waals surface area contributed by atoms with Gasteiger partial charge in [0, 0.05) is 42.1 Å². The smallest absolute Gasteiger partial charge is 0.198 e. The molecule has 0 bridgehead atoms. The third-order valence-corrected chi connectivity index (χ3v) is 2.95. The Kier molecular flexibility index (Phi) is 10.2. The quantitative estimate of drug-likeness (QED) is 0.206. The second-order valence-electron chi connectivity index (χ2n) is 4.55. The molecule has 4 nitrogen and oxygen atoms in total. The van der Waals surface area contributed by atoms with Gasteiger partial charge in [0.2, 0.25) is 0 Å². The number of carbonyl (C=O) groups excluding carboxylic acids is 2. The number of carbonyl (C=O) groups is 2. The van der Waals surface area contributed by atoms with Crippen molar-refractivity contribution in [3.05, 3.63) is 73.1 Å².